The van der Waals surface area contributed by atoms with Gasteiger partial charge < -0.3 is 4.74 Å². The van der Waals surface area contributed by atoms with E-state index in [1.165, 1.54) is 13.0 Å². The largest absolute Gasteiger partial charge is 0.462 e. The van der Waals surface area contributed by atoms with E-state index in [0.29, 0.717) is 6.42 Å². The minimum absolute atomic E-state index is 0.0256. The number of hydrogen-bond acceptors (Lipinski definition) is 4. The average molecular weight is 211 g/mol. The molecule has 1 aliphatic carbocycles. The molecule has 1 aliphatic rings. The first-order chi connectivity index (χ1) is 7.00. The minimum Gasteiger partial charge on any atom is -0.462 e. The standard InChI is InChI=1S/C10H13NO4/c1-7(15-8(2)12)9-3-5-10(6-4-9)11(13)14/h3,5-7,9H,4H2,1-2H3. The first-order valence-corrected chi connectivity index (χ1v) is 4.70. The fraction of sp³-hybridized carbons (Fsp3) is 0.500. The third-order valence-electron chi connectivity index (χ3n) is 2.28. The van der Waals surface area contributed by atoms with Crippen LogP contribution in [0.3, 0.4) is 0 Å². The fourth-order valence-electron chi connectivity index (χ4n) is 1.46. The van der Waals surface area contributed by atoms with Crippen molar-refractivity contribution in [2.24, 2.45) is 5.92 Å². The van der Waals surface area contributed by atoms with Crippen LogP contribution >= 0.6 is 0 Å². The first kappa shape index (κ1) is 11.4. The van der Waals surface area contributed by atoms with E-state index in [1.54, 1.807) is 19.1 Å². The van der Waals surface area contributed by atoms with Gasteiger partial charge in [0.15, 0.2) is 0 Å². The summed E-state index contributed by atoms with van der Waals surface area (Å²) in [6.07, 6.45) is 4.99. The second kappa shape index (κ2) is 4.72. The maximum atomic E-state index is 10.7. The van der Waals surface area contributed by atoms with Gasteiger partial charge in [0.1, 0.15) is 6.10 Å². The highest BCUT2D eigenvalue weighted by Crippen LogP contribution is 2.21. The van der Waals surface area contributed by atoms with Gasteiger partial charge in [-0.2, -0.15) is 0 Å². The summed E-state index contributed by atoms with van der Waals surface area (Å²) in [5.74, 6) is -0.308. The monoisotopic (exact) mass is 211 g/mol. The van der Waals surface area contributed by atoms with Crippen LogP contribution in [0.25, 0.3) is 0 Å². The SMILES string of the molecule is CC(=O)OC(C)C1C=CC([N+](=O)[O-])=CC1. The first-order valence-electron chi connectivity index (χ1n) is 4.70. The molecule has 0 heterocycles. The van der Waals surface area contributed by atoms with Gasteiger partial charge in [0.05, 0.1) is 4.92 Å². The molecule has 0 spiro atoms. The van der Waals surface area contributed by atoms with Gasteiger partial charge in [-0.15, -0.1) is 0 Å². The molecular weight excluding hydrogens is 198 g/mol. The van der Waals surface area contributed by atoms with E-state index in [0.717, 1.165) is 0 Å². The molecule has 15 heavy (non-hydrogen) atoms. The number of ether oxygens (including phenoxy) is 1. The Labute approximate surface area is 87.6 Å². The molecule has 0 aromatic rings. The summed E-state index contributed by atoms with van der Waals surface area (Å²) in [5, 5.41) is 10.4. The Balaban J connectivity index is 2.55. The van der Waals surface area contributed by atoms with Crippen LogP contribution in [0.5, 0.6) is 0 Å². The molecule has 2 unspecified atom stereocenters. The molecule has 0 aliphatic heterocycles. The number of carbonyl (C=O) groups is 1. The molecular formula is C10H13NO4. The van der Waals surface area contributed by atoms with Gasteiger partial charge in [0.2, 0.25) is 0 Å². The van der Waals surface area contributed by atoms with Crippen molar-refractivity contribution in [1.82, 2.24) is 0 Å². The molecule has 0 aromatic carbocycles. The fourth-order valence-corrected chi connectivity index (χ4v) is 1.46. The van der Waals surface area contributed by atoms with Crippen molar-refractivity contribution in [1.29, 1.82) is 0 Å². The van der Waals surface area contributed by atoms with E-state index in [1.807, 2.05) is 0 Å². The second-order valence-corrected chi connectivity index (χ2v) is 3.46. The molecule has 5 heteroatoms. The van der Waals surface area contributed by atoms with Crippen LogP contribution in [0.4, 0.5) is 0 Å². The molecule has 0 saturated carbocycles. The van der Waals surface area contributed by atoms with E-state index in [9.17, 15) is 14.9 Å². The molecule has 0 bridgehead atoms. The lowest BCUT2D eigenvalue weighted by Crippen LogP contribution is -2.22. The van der Waals surface area contributed by atoms with Crippen LogP contribution in [-0.2, 0) is 9.53 Å². The van der Waals surface area contributed by atoms with Gasteiger partial charge in [-0.3, -0.25) is 14.9 Å². The lowest BCUT2D eigenvalue weighted by Gasteiger charge is -2.20. The Kier molecular flexibility index (Phi) is 3.60. The number of hydrogen-bond donors (Lipinski definition) is 0. The summed E-state index contributed by atoms with van der Waals surface area (Å²) in [6.45, 7) is 3.13. The van der Waals surface area contributed by atoms with Gasteiger partial charge in [-0.25, -0.2) is 0 Å². The third-order valence-corrected chi connectivity index (χ3v) is 2.28. The lowest BCUT2D eigenvalue weighted by molar-refractivity contribution is -0.419. The van der Waals surface area contributed by atoms with Gasteiger partial charge in [0.25, 0.3) is 5.70 Å². The number of allylic oxidation sites excluding steroid dienone is 2. The Hall–Kier alpha value is -1.65. The zero-order chi connectivity index (χ0) is 11.4. The van der Waals surface area contributed by atoms with E-state index in [2.05, 4.69) is 0 Å². The predicted molar refractivity (Wildman–Crippen MR) is 53.6 cm³/mol. The number of carbonyl (C=O) groups excluding carboxylic acids is 1. The Bertz CT molecular complexity index is 332. The highest BCUT2D eigenvalue weighted by Gasteiger charge is 2.21. The predicted octanol–water partition coefficient (Wildman–Crippen LogP) is 1.67. The Morgan fingerprint density at radius 1 is 1.73 bits per heavy atom. The molecule has 0 aromatic heterocycles. The number of nitro groups is 1. The summed E-state index contributed by atoms with van der Waals surface area (Å²) in [7, 11) is 0. The van der Waals surface area contributed by atoms with Gasteiger partial charge in [-0.05, 0) is 19.4 Å². The lowest BCUT2D eigenvalue weighted by atomic mass is 9.94. The van der Waals surface area contributed by atoms with Crippen molar-refractivity contribution in [2.75, 3.05) is 0 Å². The van der Waals surface area contributed by atoms with Gasteiger partial charge >= 0.3 is 5.97 Å². The van der Waals surface area contributed by atoms with Crippen molar-refractivity contribution >= 4 is 5.97 Å². The number of esters is 1. The summed E-state index contributed by atoms with van der Waals surface area (Å²) in [6, 6.07) is 0. The maximum Gasteiger partial charge on any atom is 0.302 e. The molecule has 0 N–H and O–H groups in total. The molecule has 1 rings (SSSR count). The summed E-state index contributed by atoms with van der Waals surface area (Å²) < 4.78 is 5.00. The van der Waals surface area contributed by atoms with Crippen molar-refractivity contribution in [3.63, 3.8) is 0 Å². The molecule has 2 atom stereocenters. The Morgan fingerprint density at radius 2 is 2.40 bits per heavy atom. The molecule has 0 saturated heterocycles. The number of rotatable bonds is 3. The summed E-state index contributed by atoms with van der Waals surface area (Å²) in [4.78, 5) is 20.7. The zero-order valence-electron chi connectivity index (χ0n) is 8.67. The van der Waals surface area contributed by atoms with Crippen LogP contribution in [0, 0.1) is 16.0 Å². The maximum absolute atomic E-state index is 10.7. The van der Waals surface area contributed by atoms with Crippen LogP contribution in [0.2, 0.25) is 0 Å². The Morgan fingerprint density at radius 3 is 2.80 bits per heavy atom. The van der Waals surface area contributed by atoms with Crippen LogP contribution in [-0.4, -0.2) is 17.0 Å². The molecule has 0 fully saturated rings. The number of nitrogens with zero attached hydrogens (tertiary/aromatic N) is 1. The van der Waals surface area contributed by atoms with Crippen LogP contribution < -0.4 is 0 Å². The molecule has 0 amide bonds. The van der Waals surface area contributed by atoms with Crippen molar-refractivity contribution in [2.45, 2.75) is 26.4 Å². The summed E-state index contributed by atoms with van der Waals surface area (Å²) in [5.41, 5.74) is 0.0984. The molecule has 0 radical (unpaired) electrons. The quantitative estimate of drug-likeness (QED) is 0.404. The average Bonchev–Trinajstić information content (AvgIpc) is 2.17. The second-order valence-electron chi connectivity index (χ2n) is 3.46. The highest BCUT2D eigenvalue weighted by atomic mass is 16.6. The molecule has 5 nitrogen and oxygen atoms in total. The van der Waals surface area contributed by atoms with E-state index in [4.69, 9.17) is 4.74 Å². The third kappa shape index (κ3) is 3.19. The highest BCUT2D eigenvalue weighted by molar-refractivity contribution is 5.66. The van der Waals surface area contributed by atoms with E-state index in [-0.39, 0.29) is 23.7 Å². The van der Waals surface area contributed by atoms with Crippen molar-refractivity contribution in [3.8, 4) is 0 Å². The van der Waals surface area contributed by atoms with E-state index < -0.39 is 4.92 Å². The minimum atomic E-state index is -0.427. The van der Waals surface area contributed by atoms with Gasteiger partial charge in [-0.1, -0.05) is 6.08 Å². The smallest absolute Gasteiger partial charge is 0.302 e. The van der Waals surface area contributed by atoms with Crippen molar-refractivity contribution in [3.05, 3.63) is 34.0 Å². The van der Waals surface area contributed by atoms with Crippen molar-refractivity contribution < 1.29 is 14.5 Å². The van der Waals surface area contributed by atoms with Crippen LogP contribution in [0.15, 0.2) is 23.9 Å². The molecule has 82 valence electrons. The zero-order valence-corrected chi connectivity index (χ0v) is 8.67. The van der Waals surface area contributed by atoms with Gasteiger partial charge in [0, 0.05) is 18.9 Å². The van der Waals surface area contributed by atoms with Crippen LogP contribution in [0.1, 0.15) is 20.3 Å². The van der Waals surface area contributed by atoms with E-state index >= 15 is 0 Å². The topological polar surface area (TPSA) is 69.4 Å². The summed E-state index contributed by atoms with van der Waals surface area (Å²) >= 11 is 0. The normalized spacial score (nSPS) is 21.7.